The van der Waals surface area contributed by atoms with E-state index in [1.165, 1.54) is 4.31 Å². The van der Waals surface area contributed by atoms with E-state index in [2.05, 4.69) is 4.72 Å². The zero-order valence-corrected chi connectivity index (χ0v) is 11.4. The molecule has 0 amide bonds. The second-order valence-corrected chi connectivity index (χ2v) is 5.45. The average molecular weight is 270 g/mol. The lowest BCUT2D eigenvalue weighted by Gasteiger charge is -2.18. The second kappa shape index (κ2) is 6.63. The summed E-state index contributed by atoms with van der Waals surface area (Å²) in [6, 6.07) is 8.61. The number of nitrogens with one attached hydrogen (secondary N) is 1. The van der Waals surface area contributed by atoms with E-state index in [0.717, 1.165) is 0 Å². The second-order valence-electron chi connectivity index (χ2n) is 3.70. The van der Waals surface area contributed by atoms with Gasteiger partial charge in [-0.2, -0.15) is 17.4 Å². The van der Waals surface area contributed by atoms with Crippen LogP contribution in [0.5, 0.6) is 0 Å². The first-order valence-corrected chi connectivity index (χ1v) is 7.28. The Bertz CT molecular complexity index is 481. The number of carbonyl (C=O) groups excluding carboxylic acids is 1. The maximum Gasteiger partial charge on any atom is 0.279 e. The van der Waals surface area contributed by atoms with Crippen LogP contribution >= 0.6 is 0 Å². The molecular weight excluding hydrogens is 252 g/mol. The molecule has 0 unspecified atom stereocenters. The number of hydrogen-bond donors (Lipinski definition) is 1. The number of nitrogens with zero attached hydrogens (tertiary/aromatic N) is 1. The van der Waals surface area contributed by atoms with Crippen LogP contribution in [0.25, 0.3) is 0 Å². The van der Waals surface area contributed by atoms with Crippen molar-refractivity contribution in [2.24, 2.45) is 0 Å². The molecule has 100 valence electrons. The summed E-state index contributed by atoms with van der Waals surface area (Å²) in [5, 5.41) is 0. The molecule has 18 heavy (non-hydrogen) atoms. The monoisotopic (exact) mass is 270 g/mol. The molecule has 1 aromatic carbocycles. The molecular formula is C12H18N2O3S. The molecule has 0 spiro atoms. The van der Waals surface area contributed by atoms with Crippen molar-refractivity contribution in [2.45, 2.75) is 13.8 Å². The molecule has 6 heteroatoms. The van der Waals surface area contributed by atoms with Crippen LogP contribution in [-0.4, -0.2) is 38.1 Å². The standard InChI is InChI=1S/C12H18N2O3S/c1-3-14(4-2)18(16,17)13-10-12(15)11-8-6-5-7-9-11/h5-9,13H,3-4,10H2,1-2H3. The van der Waals surface area contributed by atoms with Crippen LogP contribution in [0.1, 0.15) is 24.2 Å². The first kappa shape index (κ1) is 14.8. The first-order chi connectivity index (χ1) is 8.51. The van der Waals surface area contributed by atoms with Crippen molar-refractivity contribution in [1.29, 1.82) is 0 Å². The summed E-state index contributed by atoms with van der Waals surface area (Å²) in [6.45, 7) is 4.04. The van der Waals surface area contributed by atoms with Gasteiger partial charge in [0.15, 0.2) is 5.78 Å². The minimum absolute atomic E-state index is 0.219. The highest BCUT2D eigenvalue weighted by Crippen LogP contribution is 2.01. The highest BCUT2D eigenvalue weighted by molar-refractivity contribution is 7.87. The molecule has 0 saturated heterocycles. The van der Waals surface area contributed by atoms with Crippen molar-refractivity contribution in [3.63, 3.8) is 0 Å². The molecule has 0 aliphatic carbocycles. The maximum absolute atomic E-state index is 11.8. The molecule has 0 saturated carbocycles. The number of rotatable bonds is 7. The Morgan fingerprint density at radius 2 is 1.72 bits per heavy atom. The summed E-state index contributed by atoms with van der Waals surface area (Å²) in [4.78, 5) is 11.7. The smallest absolute Gasteiger partial charge is 0.279 e. The Morgan fingerprint density at radius 3 is 2.22 bits per heavy atom. The van der Waals surface area contributed by atoms with Gasteiger partial charge < -0.3 is 0 Å². The van der Waals surface area contributed by atoms with Crippen LogP contribution < -0.4 is 4.72 Å². The van der Waals surface area contributed by atoms with Crippen molar-refractivity contribution >= 4 is 16.0 Å². The average Bonchev–Trinajstić information content (AvgIpc) is 2.38. The lowest BCUT2D eigenvalue weighted by Crippen LogP contribution is -2.42. The van der Waals surface area contributed by atoms with Crippen LogP contribution in [0.3, 0.4) is 0 Å². The van der Waals surface area contributed by atoms with E-state index in [4.69, 9.17) is 0 Å². The summed E-state index contributed by atoms with van der Waals surface area (Å²) in [5.41, 5.74) is 0.500. The molecule has 0 bridgehead atoms. The van der Waals surface area contributed by atoms with Gasteiger partial charge >= 0.3 is 0 Å². The zero-order chi connectivity index (χ0) is 13.6. The largest absolute Gasteiger partial charge is 0.293 e. The van der Waals surface area contributed by atoms with Gasteiger partial charge in [0.1, 0.15) is 0 Å². The number of hydrogen-bond acceptors (Lipinski definition) is 3. The van der Waals surface area contributed by atoms with Crippen LogP contribution in [0, 0.1) is 0 Å². The van der Waals surface area contributed by atoms with Gasteiger partial charge in [0.25, 0.3) is 10.2 Å². The van der Waals surface area contributed by atoms with E-state index in [9.17, 15) is 13.2 Å². The Morgan fingerprint density at radius 1 is 1.17 bits per heavy atom. The third kappa shape index (κ3) is 3.90. The molecule has 1 N–H and O–H groups in total. The van der Waals surface area contributed by atoms with Crippen molar-refractivity contribution in [1.82, 2.24) is 9.03 Å². The third-order valence-corrected chi connectivity index (χ3v) is 4.26. The summed E-state index contributed by atoms with van der Waals surface area (Å²) in [5.74, 6) is -0.244. The van der Waals surface area contributed by atoms with Crippen LogP contribution in [0.2, 0.25) is 0 Å². The summed E-state index contributed by atoms with van der Waals surface area (Å²) >= 11 is 0. The van der Waals surface area contributed by atoms with Crippen LogP contribution in [0.15, 0.2) is 30.3 Å². The predicted octanol–water partition coefficient (Wildman–Crippen LogP) is 1.05. The van der Waals surface area contributed by atoms with E-state index in [1.807, 2.05) is 0 Å². The van der Waals surface area contributed by atoms with Crippen molar-refractivity contribution < 1.29 is 13.2 Å². The van der Waals surface area contributed by atoms with Gasteiger partial charge in [0, 0.05) is 18.7 Å². The lowest BCUT2D eigenvalue weighted by molar-refractivity contribution is 0.0996. The minimum Gasteiger partial charge on any atom is -0.293 e. The van der Waals surface area contributed by atoms with Gasteiger partial charge in [-0.15, -0.1) is 0 Å². The fourth-order valence-corrected chi connectivity index (χ4v) is 2.71. The van der Waals surface area contributed by atoms with E-state index >= 15 is 0 Å². The van der Waals surface area contributed by atoms with E-state index < -0.39 is 10.2 Å². The van der Waals surface area contributed by atoms with Crippen molar-refractivity contribution in [3.05, 3.63) is 35.9 Å². The van der Waals surface area contributed by atoms with E-state index in [-0.39, 0.29) is 12.3 Å². The predicted molar refractivity (Wildman–Crippen MR) is 70.6 cm³/mol. The fraction of sp³-hybridized carbons (Fsp3) is 0.417. The first-order valence-electron chi connectivity index (χ1n) is 5.84. The van der Waals surface area contributed by atoms with Crippen molar-refractivity contribution in [2.75, 3.05) is 19.6 Å². The van der Waals surface area contributed by atoms with Gasteiger partial charge in [0.05, 0.1) is 6.54 Å². The van der Waals surface area contributed by atoms with E-state index in [0.29, 0.717) is 18.7 Å². The summed E-state index contributed by atoms with van der Waals surface area (Å²) in [7, 11) is -3.56. The molecule has 0 heterocycles. The van der Waals surface area contributed by atoms with Crippen LogP contribution in [-0.2, 0) is 10.2 Å². The minimum atomic E-state index is -3.56. The van der Waals surface area contributed by atoms with Gasteiger partial charge in [0.2, 0.25) is 0 Å². The Balaban J connectivity index is 2.63. The Labute approximate surface area is 108 Å². The third-order valence-electron chi connectivity index (χ3n) is 2.56. The molecule has 0 aliphatic rings. The van der Waals surface area contributed by atoms with Gasteiger partial charge in [-0.3, -0.25) is 4.79 Å². The Kier molecular flexibility index (Phi) is 5.46. The highest BCUT2D eigenvalue weighted by Gasteiger charge is 2.19. The zero-order valence-electron chi connectivity index (χ0n) is 10.6. The molecule has 1 rings (SSSR count). The molecule has 0 aliphatic heterocycles. The fourth-order valence-electron chi connectivity index (χ4n) is 1.54. The van der Waals surface area contributed by atoms with Gasteiger partial charge in [-0.1, -0.05) is 44.2 Å². The summed E-state index contributed by atoms with van der Waals surface area (Å²) < 4.78 is 27.2. The van der Waals surface area contributed by atoms with Gasteiger partial charge in [-0.25, -0.2) is 0 Å². The lowest BCUT2D eigenvalue weighted by atomic mass is 10.1. The topological polar surface area (TPSA) is 66.5 Å². The van der Waals surface area contributed by atoms with E-state index in [1.54, 1.807) is 44.2 Å². The SMILES string of the molecule is CCN(CC)S(=O)(=O)NCC(=O)c1ccccc1. The number of benzene rings is 1. The normalized spacial score (nSPS) is 11.7. The van der Waals surface area contributed by atoms with Gasteiger partial charge in [-0.05, 0) is 0 Å². The van der Waals surface area contributed by atoms with Crippen molar-refractivity contribution in [3.8, 4) is 0 Å². The summed E-state index contributed by atoms with van der Waals surface area (Å²) in [6.07, 6.45) is 0. The highest BCUT2D eigenvalue weighted by atomic mass is 32.2. The molecule has 0 radical (unpaired) electrons. The Hall–Kier alpha value is -1.24. The quantitative estimate of drug-likeness (QED) is 0.753. The number of ketones is 1. The number of Topliss-reactive ketones (excluding diaryl/α,β-unsaturated/α-hetero) is 1. The molecule has 1 aromatic rings. The molecule has 0 atom stereocenters. The molecule has 5 nitrogen and oxygen atoms in total. The molecule has 0 aromatic heterocycles. The number of carbonyl (C=O) groups is 1. The molecule has 0 fully saturated rings. The maximum atomic E-state index is 11.8. The van der Waals surface area contributed by atoms with Crippen LogP contribution in [0.4, 0.5) is 0 Å².